The van der Waals surface area contributed by atoms with Crippen LogP contribution in [0.1, 0.15) is 11.4 Å². The molecular weight excluding hydrogens is 380 g/mol. The van der Waals surface area contributed by atoms with E-state index in [1.807, 2.05) is 38.4 Å². The lowest BCUT2D eigenvalue weighted by molar-refractivity contribution is -0.120. The molecule has 3 heterocycles. The SMILES string of the molecule is Cc1nc(NCCNC(=O)Cc2cn(C)c3ccccc23)cc(N2CCOCC2)n1. The Kier molecular flexibility index (Phi) is 6.13. The molecule has 0 spiro atoms. The molecule has 1 amide bonds. The van der Waals surface area contributed by atoms with E-state index in [4.69, 9.17) is 4.74 Å². The van der Waals surface area contributed by atoms with Crippen LogP contribution in [0.3, 0.4) is 0 Å². The first-order valence-corrected chi connectivity index (χ1v) is 10.3. The van der Waals surface area contributed by atoms with Crippen LogP contribution >= 0.6 is 0 Å². The highest BCUT2D eigenvalue weighted by molar-refractivity contribution is 5.89. The molecule has 0 aliphatic carbocycles. The number of nitrogens with one attached hydrogen (secondary N) is 2. The molecule has 0 unspecified atom stereocenters. The number of hydrogen-bond acceptors (Lipinski definition) is 6. The van der Waals surface area contributed by atoms with Crippen molar-refractivity contribution in [2.75, 3.05) is 49.6 Å². The lowest BCUT2D eigenvalue weighted by atomic mass is 10.1. The minimum Gasteiger partial charge on any atom is -0.378 e. The normalized spacial score (nSPS) is 14.1. The van der Waals surface area contributed by atoms with Crippen molar-refractivity contribution in [1.82, 2.24) is 19.9 Å². The second-order valence-corrected chi connectivity index (χ2v) is 7.49. The molecule has 158 valence electrons. The summed E-state index contributed by atoms with van der Waals surface area (Å²) in [5, 5.41) is 7.40. The molecule has 1 saturated heterocycles. The Morgan fingerprint density at radius 3 is 2.80 bits per heavy atom. The number of para-hydroxylation sites is 1. The molecule has 1 aromatic carbocycles. The van der Waals surface area contributed by atoms with E-state index in [1.165, 1.54) is 0 Å². The Bertz CT molecular complexity index is 1030. The summed E-state index contributed by atoms with van der Waals surface area (Å²) in [5.74, 6) is 2.42. The van der Waals surface area contributed by atoms with E-state index in [0.29, 0.717) is 32.7 Å². The number of fused-ring (bicyclic) bond motifs is 1. The van der Waals surface area contributed by atoms with Crippen LogP contribution in [0.5, 0.6) is 0 Å². The first-order chi connectivity index (χ1) is 14.6. The maximum absolute atomic E-state index is 12.4. The maximum atomic E-state index is 12.4. The number of ether oxygens (including phenoxy) is 1. The molecule has 0 atom stereocenters. The van der Waals surface area contributed by atoms with Gasteiger partial charge in [0, 0.05) is 56.4 Å². The summed E-state index contributed by atoms with van der Waals surface area (Å²) in [4.78, 5) is 23.6. The monoisotopic (exact) mass is 408 g/mol. The van der Waals surface area contributed by atoms with E-state index in [2.05, 4.69) is 42.2 Å². The number of carbonyl (C=O) groups excluding carboxylic acids is 1. The van der Waals surface area contributed by atoms with Crippen molar-refractivity contribution >= 4 is 28.4 Å². The van der Waals surface area contributed by atoms with Crippen molar-refractivity contribution in [3.8, 4) is 0 Å². The quantitative estimate of drug-likeness (QED) is 0.581. The Balaban J connectivity index is 1.28. The number of morpholine rings is 1. The van der Waals surface area contributed by atoms with Gasteiger partial charge in [-0.15, -0.1) is 0 Å². The lowest BCUT2D eigenvalue weighted by Gasteiger charge is -2.28. The first kappa shape index (κ1) is 20.2. The topological polar surface area (TPSA) is 84.3 Å². The van der Waals surface area contributed by atoms with Crippen molar-refractivity contribution in [1.29, 1.82) is 0 Å². The molecule has 30 heavy (non-hydrogen) atoms. The van der Waals surface area contributed by atoms with Crippen LogP contribution in [0, 0.1) is 6.92 Å². The third-order valence-corrected chi connectivity index (χ3v) is 5.24. The molecule has 2 aromatic heterocycles. The van der Waals surface area contributed by atoms with E-state index >= 15 is 0 Å². The number of amides is 1. The van der Waals surface area contributed by atoms with Crippen LogP contribution in [0.2, 0.25) is 0 Å². The van der Waals surface area contributed by atoms with E-state index in [1.54, 1.807) is 0 Å². The Hall–Kier alpha value is -3.13. The maximum Gasteiger partial charge on any atom is 0.224 e. The number of nitrogens with zero attached hydrogens (tertiary/aromatic N) is 4. The molecule has 1 aliphatic rings. The fourth-order valence-corrected chi connectivity index (χ4v) is 3.79. The van der Waals surface area contributed by atoms with Gasteiger partial charge in [0.05, 0.1) is 19.6 Å². The average molecular weight is 409 g/mol. The van der Waals surface area contributed by atoms with Gasteiger partial charge in [0.1, 0.15) is 17.5 Å². The van der Waals surface area contributed by atoms with Gasteiger partial charge >= 0.3 is 0 Å². The van der Waals surface area contributed by atoms with Gasteiger partial charge in [0.25, 0.3) is 0 Å². The molecule has 1 aliphatic heterocycles. The summed E-state index contributed by atoms with van der Waals surface area (Å²) in [5.41, 5.74) is 2.18. The van der Waals surface area contributed by atoms with Crippen LogP contribution in [0.15, 0.2) is 36.5 Å². The molecule has 8 heteroatoms. The van der Waals surface area contributed by atoms with Crippen molar-refractivity contribution < 1.29 is 9.53 Å². The minimum absolute atomic E-state index is 0.0148. The van der Waals surface area contributed by atoms with Crippen molar-refractivity contribution in [2.45, 2.75) is 13.3 Å². The Morgan fingerprint density at radius 2 is 1.97 bits per heavy atom. The highest BCUT2D eigenvalue weighted by Crippen LogP contribution is 2.20. The van der Waals surface area contributed by atoms with Crippen LogP contribution in [0.4, 0.5) is 11.6 Å². The van der Waals surface area contributed by atoms with Gasteiger partial charge < -0.3 is 24.8 Å². The van der Waals surface area contributed by atoms with Gasteiger partial charge in [-0.05, 0) is 18.6 Å². The predicted molar refractivity (Wildman–Crippen MR) is 118 cm³/mol. The van der Waals surface area contributed by atoms with Crippen molar-refractivity contribution in [2.24, 2.45) is 7.05 Å². The highest BCUT2D eigenvalue weighted by atomic mass is 16.5. The number of carbonyl (C=O) groups is 1. The molecule has 0 bridgehead atoms. The smallest absolute Gasteiger partial charge is 0.224 e. The van der Waals surface area contributed by atoms with Gasteiger partial charge in [-0.2, -0.15) is 0 Å². The highest BCUT2D eigenvalue weighted by Gasteiger charge is 2.14. The van der Waals surface area contributed by atoms with Gasteiger partial charge in [-0.1, -0.05) is 18.2 Å². The van der Waals surface area contributed by atoms with Crippen LogP contribution in [-0.4, -0.2) is 59.8 Å². The largest absolute Gasteiger partial charge is 0.378 e. The van der Waals surface area contributed by atoms with Gasteiger partial charge in [0.15, 0.2) is 0 Å². The lowest BCUT2D eigenvalue weighted by Crippen LogP contribution is -2.37. The summed E-state index contributed by atoms with van der Waals surface area (Å²) in [6, 6.07) is 10.1. The molecule has 1 fully saturated rings. The van der Waals surface area contributed by atoms with Crippen LogP contribution in [-0.2, 0) is 23.0 Å². The van der Waals surface area contributed by atoms with Crippen molar-refractivity contribution in [3.63, 3.8) is 0 Å². The zero-order valence-corrected chi connectivity index (χ0v) is 17.5. The minimum atomic E-state index is 0.0148. The summed E-state index contributed by atoms with van der Waals surface area (Å²) < 4.78 is 7.47. The number of aromatic nitrogens is 3. The van der Waals surface area contributed by atoms with Gasteiger partial charge in [-0.25, -0.2) is 9.97 Å². The van der Waals surface area contributed by atoms with Crippen LogP contribution in [0.25, 0.3) is 10.9 Å². The summed E-state index contributed by atoms with van der Waals surface area (Å²) >= 11 is 0. The number of hydrogen-bond donors (Lipinski definition) is 2. The molecule has 0 saturated carbocycles. The van der Waals surface area contributed by atoms with E-state index in [9.17, 15) is 4.79 Å². The fraction of sp³-hybridized carbons (Fsp3) is 0.409. The van der Waals surface area contributed by atoms with E-state index in [0.717, 1.165) is 47.0 Å². The third kappa shape index (κ3) is 4.71. The molecule has 8 nitrogen and oxygen atoms in total. The second-order valence-electron chi connectivity index (χ2n) is 7.49. The Labute approximate surface area is 176 Å². The second kappa shape index (κ2) is 9.13. The standard InChI is InChI=1S/C22H28N6O2/c1-16-25-20(14-21(26-16)28-9-11-30-12-10-28)23-7-8-24-22(29)13-17-15-27(2)19-6-4-3-5-18(17)19/h3-6,14-15H,7-13H2,1-2H3,(H,24,29)(H,23,25,26). The first-order valence-electron chi connectivity index (χ1n) is 10.3. The van der Waals surface area contributed by atoms with Crippen molar-refractivity contribution in [3.05, 3.63) is 47.9 Å². The van der Waals surface area contributed by atoms with E-state index in [-0.39, 0.29) is 5.91 Å². The van der Waals surface area contributed by atoms with Gasteiger partial charge in [-0.3, -0.25) is 4.79 Å². The number of aryl methyl sites for hydroxylation is 2. The fourth-order valence-electron chi connectivity index (χ4n) is 3.79. The van der Waals surface area contributed by atoms with Gasteiger partial charge in [0.2, 0.25) is 5.91 Å². The van der Waals surface area contributed by atoms with E-state index < -0.39 is 0 Å². The zero-order valence-electron chi connectivity index (χ0n) is 17.5. The molecule has 0 radical (unpaired) electrons. The molecular formula is C22H28N6O2. The Morgan fingerprint density at radius 1 is 1.17 bits per heavy atom. The average Bonchev–Trinajstić information content (AvgIpc) is 3.07. The van der Waals surface area contributed by atoms with Crippen LogP contribution < -0.4 is 15.5 Å². The molecule has 3 aromatic rings. The number of benzene rings is 1. The summed E-state index contributed by atoms with van der Waals surface area (Å²) in [6.45, 7) is 6.12. The summed E-state index contributed by atoms with van der Waals surface area (Å²) in [6.07, 6.45) is 2.40. The molecule has 2 N–H and O–H groups in total. The molecule has 4 rings (SSSR count). The zero-order chi connectivity index (χ0) is 20.9. The predicted octanol–water partition coefficient (Wildman–Crippen LogP) is 1.88. The summed E-state index contributed by atoms with van der Waals surface area (Å²) in [7, 11) is 2.00. The third-order valence-electron chi connectivity index (χ3n) is 5.24. The number of anilines is 2. The number of rotatable bonds is 7.